The quantitative estimate of drug-likeness (QED) is 0.666. The highest BCUT2D eigenvalue weighted by molar-refractivity contribution is 7.88. The molecule has 2 heterocycles. The summed E-state index contributed by atoms with van der Waals surface area (Å²) in [5.41, 5.74) is 1.51. The van der Waals surface area contributed by atoms with Gasteiger partial charge in [0.2, 0.25) is 16.0 Å². The maximum absolute atomic E-state index is 12.8. The Bertz CT molecular complexity index is 1110. The second kappa shape index (κ2) is 7.20. The molecule has 0 aliphatic heterocycles. The molecule has 148 valence electrons. The third-order valence-electron chi connectivity index (χ3n) is 3.56. The fourth-order valence-corrected chi connectivity index (χ4v) is 3.01. The van der Waals surface area contributed by atoms with Crippen molar-refractivity contribution >= 4 is 21.7 Å². The highest BCUT2D eigenvalue weighted by atomic mass is 32.2. The molecular weight excluding hydrogens is 397 g/mol. The van der Waals surface area contributed by atoms with Crippen molar-refractivity contribution < 1.29 is 21.6 Å². The van der Waals surface area contributed by atoms with Crippen molar-refractivity contribution in [2.24, 2.45) is 5.14 Å². The molecule has 1 aromatic carbocycles. The zero-order chi connectivity index (χ0) is 20.5. The van der Waals surface area contributed by atoms with E-state index in [1.54, 1.807) is 19.1 Å². The van der Waals surface area contributed by atoms with Gasteiger partial charge in [0.05, 0.1) is 6.20 Å². The molecule has 0 saturated heterocycles. The molecule has 8 nitrogen and oxygen atoms in total. The normalized spacial score (nSPS) is 12.2. The molecule has 0 fully saturated rings. The summed E-state index contributed by atoms with van der Waals surface area (Å²) in [6.45, 7) is 1.80. The van der Waals surface area contributed by atoms with Gasteiger partial charge < -0.3 is 5.32 Å². The van der Waals surface area contributed by atoms with Gasteiger partial charge in [0.1, 0.15) is 5.69 Å². The van der Waals surface area contributed by atoms with Gasteiger partial charge in [0, 0.05) is 23.6 Å². The first-order valence-corrected chi connectivity index (χ1v) is 9.53. The second-order valence-corrected chi connectivity index (χ2v) is 7.62. The molecule has 3 rings (SSSR count). The number of benzene rings is 1. The Hall–Kier alpha value is -2.99. The van der Waals surface area contributed by atoms with Crippen LogP contribution in [-0.4, -0.2) is 28.2 Å². The second-order valence-electron chi connectivity index (χ2n) is 6.04. The van der Waals surface area contributed by atoms with Gasteiger partial charge in [0.25, 0.3) is 0 Å². The smallest absolute Gasteiger partial charge is 0.324 e. The fraction of sp³-hybridized carbons (Fsp3) is 0.188. The van der Waals surface area contributed by atoms with Gasteiger partial charge in [-0.1, -0.05) is 6.07 Å². The maximum atomic E-state index is 12.8. The van der Waals surface area contributed by atoms with Crippen molar-refractivity contribution in [2.75, 3.05) is 5.32 Å². The summed E-state index contributed by atoms with van der Waals surface area (Å²) < 4.78 is 61.9. The van der Waals surface area contributed by atoms with Crippen molar-refractivity contribution in [3.63, 3.8) is 0 Å². The average molecular weight is 412 g/mol. The van der Waals surface area contributed by atoms with Crippen LogP contribution in [0.3, 0.4) is 0 Å². The number of rotatable bonds is 5. The van der Waals surface area contributed by atoms with E-state index in [2.05, 4.69) is 20.4 Å². The van der Waals surface area contributed by atoms with Crippen LogP contribution in [0.1, 0.15) is 11.3 Å². The number of nitrogens with one attached hydrogen (secondary N) is 1. The largest absolute Gasteiger partial charge is 0.433 e. The van der Waals surface area contributed by atoms with Crippen molar-refractivity contribution in [2.45, 2.75) is 19.0 Å². The Balaban J connectivity index is 1.88. The Morgan fingerprint density at radius 1 is 1.21 bits per heavy atom. The molecule has 0 aliphatic rings. The molecule has 0 aliphatic carbocycles. The van der Waals surface area contributed by atoms with Crippen molar-refractivity contribution in [3.05, 3.63) is 54.1 Å². The van der Waals surface area contributed by atoms with E-state index in [1.807, 2.05) is 6.07 Å². The summed E-state index contributed by atoms with van der Waals surface area (Å²) in [5, 5.41) is 11.7. The zero-order valence-electron chi connectivity index (χ0n) is 14.5. The predicted octanol–water partition coefficient (Wildman–Crippen LogP) is 2.66. The monoisotopic (exact) mass is 412 g/mol. The van der Waals surface area contributed by atoms with E-state index >= 15 is 0 Å². The Labute approximate surface area is 158 Å². The molecule has 0 spiro atoms. The molecule has 12 heteroatoms. The lowest BCUT2D eigenvalue weighted by Crippen LogP contribution is -2.19. The van der Waals surface area contributed by atoms with Crippen molar-refractivity contribution in [3.8, 4) is 11.1 Å². The molecule has 0 radical (unpaired) electrons. The number of nitrogens with zero attached hydrogens (tertiary/aromatic N) is 4. The number of hydrogen-bond acceptors (Lipinski definition) is 6. The number of hydrogen-bond donors (Lipinski definition) is 2. The van der Waals surface area contributed by atoms with Crippen LogP contribution in [0.2, 0.25) is 0 Å². The fourth-order valence-electron chi connectivity index (χ4n) is 2.50. The van der Waals surface area contributed by atoms with Crippen LogP contribution in [0.5, 0.6) is 0 Å². The van der Waals surface area contributed by atoms with E-state index < -0.39 is 27.8 Å². The molecule has 28 heavy (non-hydrogen) atoms. The van der Waals surface area contributed by atoms with Crippen molar-refractivity contribution in [1.29, 1.82) is 0 Å². The average Bonchev–Trinajstić information content (AvgIpc) is 3.00. The minimum absolute atomic E-state index is 0.198. The molecular formula is C16H15F3N6O2S. The van der Waals surface area contributed by atoms with Crippen LogP contribution in [-0.2, 0) is 22.1 Å². The van der Waals surface area contributed by atoms with Crippen LogP contribution in [0.15, 0.2) is 42.9 Å². The van der Waals surface area contributed by atoms with Gasteiger partial charge >= 0.3 is 6.18 Å². The minimum Gasteiger partial charge on any atom is -0.324 e. The molecule has 2 aromatic heterocycles. The molecule has 3 aromatic rings. The molecule has 0 bridgehead atoms. The molecule has 0 unspecified atom stereocenters. The Kier molecular flexibility index (Phi) is 5.08. The predicted molar refractivity (Wildman–Crippen MR) is 95.8 cm³/mol. The van der Waals surface area contributed by atoms with Gasteiger partial charge in [0.15, 0.2) is 5.88 Å². The lowest BCUT2D eigenvalue weighted by atomic mass is 10.1. The van der Waals surface area contributed by atoms with Gasteiger partial charge in [-0.05, 0) is 36.2 Å². The standard InChI is InChI=1S/C16H15F3N6O2S/c1-10-4-11(12-7-22-25(8-12)9-28(20,26)27)6-13(5-10)23-15-21-3-2-14(24-15)16(17,18)19/h2-8H,9H2,1H3,(H2,20,26,27)(H,21,23,24). The first kappa shape index (κ1) is 19.8. The third kappa shape index (κ3) is 5.04. The summed E-state index contributed by atoms with van der Waals surface area (Å²) in [6, 6.07) is 5.97. The van der Waals surface area contributed by atoms with Crippen LogP contribution in [0.4, 0.5) is 24.8 Å². The van der Waals surface area contributed by atoms with E-state index in [0.29, 0.717) is 16.8 Å². The SMILES string of the molecule is Cc1cc(Nc2nccc(C(F)(F)F)n2)cc(-c2cnn(CS(N)(=O)=O)c2)c1. The van der Waals surface area contributed by atoms with Crippen LogP contribution >= 0.6 is 0 Å². The molecule has 0 amide bonds. The molecule has 0 saturated carbocycles. The minimum atomic E-state index is -4.57. The zero-order valence-corrected chi connectivity index (χ0v) is 15.3. The highest BCUT2D eigenvalue weighted by Gasteiger charge is 2.32. The number of primary sulfonamides is 1. The Morgan fingerprint density at radius 2 is 1.96 bits per heavy atom. The van der Waals surface area contributed by atoms with Gasteiger partial charge in [-0.25, -0.2) is 23.5 Å². The third-order valence-corrected chi connectivity index (χ3v) is 4.18. The molecule has 3 N–H and O–H groups in total. The summed E-state index contributed by atoms with van der Waals surface area (Å²) in [4.78, 5) is 7.28. The molecule has 0 atom stereocenters. The Morgan fingerprint density at radius 3 is 2.64 bits per heavy atom. The van der Waals surface area contributed by atoms with Crippen LogP contribution < -0.4 is 10.5 Å². The van der Waals surface area contributed by atoms with E-state index in [9.17, 15) is 21.6 Å². The van der Waals surface area contributed by atoms with E-state index in [1.165, 1.54) is 17.1 Å². The van der Waals surface area contributed by atoms with E-state index in [0.717, 1.165) is 17.8 Å². The number of sulfonamides is 1. The first-order chi connectivity index (χ1) is 13.0. The lowest BCUT2D eigenvalue weighted by molar-refractivity contribution is -0.141. The number of aromatic nitrogens is 4. The first-order valence-electron chi connectivity index (χ1n) is 7.82. The number of halogens is 3. The lowest BCUT2D eigenvalue weighted by Gasteiger charge is -2.10. The number of alkyl halides is 3. The maximum Gasteiger partial charge on any atom is 0.433 e. The van der Waals surface area contributed by atoms with Crippen LogP contribution in [0, 0.1) is 6.92 Å². The number of anilines is 2. The van der Waals surface area contributed by atoms with E-state index in [4.69, 9.17) is 5.14 Å². The van der Waals surface area contributed by atoms with Gasteiger partial charge in [-0.3, -0.25) is 4.68 Å². The number of nitrogens with two attached hydrogens (primary N) is 1. The summed E-state index contributed by atoms with van der Waals surface area (Å²) in [5.74, 6) is -0.668. The summed E-state index contributed by atoms with van der Waals surface area (Å²) >= 11 is 0. The van der Waals surface area contributed by atoms with Crippen LogP contribution in [0.25, 0.3) is 11.1 Å². The van der Waals surface area contributed by atoms with E-state index in [-0.39, 0.29) is 5.95 Å². The summed E-state index contributed by atoms with van der Waals surface area (Å²) in [6.07, 6.45) is -0.588. The number of aryl methyl sites for hydroxylation is 1. The van der Waals surface area contributed by atoms with Gasteiger partial charge in [-0.15, -0.1) is 0 Å². The topological polar surface area (TPSA) is 116 Å². The summed E-state index contributed by atoms with van der Waals surface area (Å²) in [7, 11) is -3.74. The van der Waals surface area contributed by atoms with Crippen molar-refractivity contribution in [1.82, 2.24) is 19.7 Å². The highest BCUT2D eigenvalue weighted by Crippen LogP contribution is 2.29. The van der Waals surface area contributed by atoms with Gasteiger partial charge in [-0.2, -0.15) is 18.3 Å².